The highest BCUT2D eigenvalue weighted by molar-refractivity contribution is 7.18. The third kappa shape index (κ3) is 4.32. The summed E-state index contributed by atoms with van der Waals surface area (Å²) < 4.78 is 9.99. The van der Waals surface area contributed by atoms with E-state index in [0.29, 0.717) is 29.8 Å². The average Bonchev–Trinajstić information content (AvgIpc) is 2.79. The Morgan fingerprint density at radius 1 is 1.50 bits per heavy atom. The van der Waals surface area contributed by atoms with E-state index >= 15 is 0 Å². The number of nitrogen functional groups attached to an aromatic ring is 1. The number of likely N-dealkylation sites (N-methyl/N-ethyl adjacent to an activating group) is 1. The molecule has 0 radical (unpaired) electrons. The van der Waals surface area contributed by atoms with Gasteiger partial charge in [-0.05, 0) is 6.92 Å². The van der Waals surface area contributed by atoms with Crippen LogP contribution >= 0.6 is 11.3 Å². The third-order valence-electron chi connectivity index (χ3n) is 2.82. The summed E-state index contributed by atoms with van der Waals surface area (Å²) in [6.45, 7) is 3.57. The molecule has 0 aliphatic carbocycles. The Morgan fingerprint density at radius 2 is 2.20 bits per heavy atom. The van der Waals surface area contributed by atoms with Gasteiger partial charge in [0.15, 0.2) is 5.13 Å². The van der Waals surface area contributed by atoms with Gasteiger partial charge in [0.2, 0.25) is 0 Å². The number of hydrogen-bond acceptors (Lipinski definition) is 7. The van der Waals surface area contributed by atoms with Crippen LogP contribution in [0.2, 0.25) is 0 Å². The predicted octanol–water partition coefficient (Wildman–Crippen LogP) is 0.891. The molecule has 1 aromatic heterocycles. The molecule has 0 aliphatic rings. The summed E-state index contributed by atoms with van der Waals surface area (Å²) in [5.74, 6) is 0.0979. The largest absolute Gasteiger partial charge is 0.383 e. The molecule has 0 saturated carbocycles. The Bertz CT molecular complexity index is 438. The monoisotopic (exact) mass is 302 g/mol. The van der Waals surface area contributed by atoms with Crippen LogP contribution in [0.25, 0.3) is 0 Å². The molecule has 3 N–H and O–H groups in total. The number of anilines is 2. The number of rotatable bonds is 8. The molecule has 20 heavy (non-hydrogen) atoms. The fraction of sp³-hybridized carbons (Fsp3) is 0.667. The van der Waals surface area contributed by atoms with E-state index in [0.717, 1.165) is 0 Å². The minimum Gasteiger partial charge on any atom is -0.383 e. The van der Waals surface area contributed by atoms with Crippen LogP contribution < -0.4 is 11.1 Å². The molecule has 0 spiro atoms. The first-order valence-corrected chi connectivity index (χ1v) is 7.08. The van der Waals surface area contributed by atoms with Crippen LogP contribution in [0.1, 0.15) is 16.6 Å². The van der Waals surface area contributed by atoms with Gasteiger partial charge in [-0.25, -0.2) is 4.98 Å². The van der Waals surface area contributed by atoms with Gasteiger partial charge < -0.3 is 25.4 Å². The van der Waals surface area contributed by atoms with Crippen LogP contribution in [0.15, 0.2) is 0 Å². The quantitative estimate of drug-likeness (QED) is 0.693. The summed E-state index contributed by atoms with van der Waals surface area (Å²) in [5.41, 5.74) is 5.81. The molecule has 1 atom stereocenters. The second-order valence-corrected chi connectivity index (χ2v) is 5.37. The zero-order valence-electron chi connectivity index (χ0n) is 12.3. The van der Waals surface area contributed by atoms with E-state index in [4.69, 9.17) is 15.2 Å². The Balaban J connectivity index is 2.72. The lowest BCUT2D eigenvalue weighted by molar-refractivity contribution is 0.0639. The van der Waals surface area contributed by atoms with E-state index in [1.165, 1.54) is 11.3 Å². The number of carbonyl (C=O) groups excluding carboxylic acids is 1. The molecule has 0 bridgehead atoms. The van der Waals surface area contributed by atoms with Gasteiger partial charge in [0.1, 0.15) is 10.7 Å². The number of aromatic nitrogens is 1. The highest BCUT2D eigenvalue weighted by Gasteiger charge is 2.23. The van der Waals surface area contributed by atoms with E-state index < -0.39 is 0 Å². The Labute approximate surface area is 123 Å². The van der Waals surface area contributed by atoms with Crippen molar-refractivity contribution >= 4 is 28.2 Å². The van der Waals surface area contributed by atoms with Crippen molar-refractivity contribution in [1.82, 2.24) is 9.88 Å². The first-order valence-electron chi connectivity index (χ1n) is 6.26. The van der Waals surface area contributed by atoms with Crippen LogP contribution in [-0.4, -0.2) is 62.9 Å². The smallest absolute Gasteiger partial charge is 0.267 e. The van der Waals surface area contributed by atoms with Crippen LogP contribution in [0.5, 0.6) is 0 Å². The summed E-state index contributed by atoms with van der Waals surface area (Å²) in [6.07, 6.45) is 0. The summed E-state index contributed by atoms with van der Waals surface area (Å²) in [6, 6.07) is -0.0288. The molecule has 1 aromatic rings. The Morgan fingerprint density at radius 3 is 2.80 bits per heavy atom. The standard InChI is InChI=1S/C12H22N4O3S/c1-8(7-19-4)16(2)11(17)9-10(13)15-12(20-9)14-5-6-18-3/h8H,5-7,13H2,1-4H3,(H,14,15). The van der Waals surface area contributed by atoms with Gasteiger partial charge in [-0.2, -0.15) is 0 Å². The summed E-state index contributed by atoms with van der Waals surface area (Å²) >= 11 is 1.25. The Hall–Kier alpha value is -1.38. The first-order chi connectivity index (χ1) is 9.51. The topological polar surface area (TPSA) is 89.7 Å². The highest BCUT2D eigenvalue weighted by Crippen LogP contribution is 2.26. The van der Waals surface area contributed by atoms with Crippen molar-refractivity contribution in [2.24, 2.45) is 0 Å². The number of nitrogens with zero attached hydrogens (tertiary/aromatic N) is 2. The summed E-state index contributed by atoms with van der Waals surface area (Å²) in [4.78, 5) is 18.5. The van der Waals surface area contributed by atoms with E-state index in [1.807, 2.05) is 6.92 Å². The molecule has 0 saturated heterocycles. The zero-order chi connectivity index (χ0) is 15.1. The number of thiazole rings is 1. The maximum absolute atomic E-state index is 12.3. The van der Waals surface area contributed by atoms with Crippen LogP contribution in [-0.2, 0) is 9.47 Å². The molecular weight excluding hydrogens is 280 g/mol. The molecule has 0 fully saturated rings. The lowest BCUT2D eigenvalue weighted by Crippen LogP contribution is -2.37. The maximum Gasteiger partial charge on any atom is 0.267 e. The number of ether oxygens (including phenoxy) is 2. The van der Waals surface area contributed by atoms with Gasteiger partial charge in [0.25, 0.3) is 5.91 Å². The van der Waals surface area contributed by atoms with Crippen LogP contribution in [0.4, 0.5) is 10.9 Å². The molecule has 1 heterocycles. The number of hydrogen-bond donors (Lipinski definition) is 2. The van der Waals surface area contributed by atoms with Crippen molar-refractivity contribution in [2.45, 2.75) is 13.0 Å². The second kappa shape index (κ2) is 8.03. The summed E-state index contributed by atoms with van der Waals surface area (Å²) in [7, 11) is 4.95. The number of nitrogens with two attached hydrogens (primary N) is 1. The number of nitrogens with one attached hydrogen (secondary N) is 1. The van der Waals surface area contributed by atoms with Crippen LogP contribution in [0.3, 0.4) is 0 Å². The summed E-state index contributed by atoms with van der Waals surface area (Å²) in [5, 5.41) is 3.68. The number of methoxy groups -OCH3 is 2. The van der Waals surface area contributed by atoms with Gasteiger partial charge >= 0.3 is 0 Å². The van der Waals surface area contributed by atoms with Gasteiger partial charge in [0.05, 0.1) is 19.3 Å². The van der Waals surface area contributed by atoms with Crippen molar-refractivity contribution in [3.8, 4) is 0 Å². The number of carbonyl (C=O) groups is 1. The highest BCUT2D eigenvalue weighted by atomic mass is 32.1. The first kappa shape index (κ1) is 16.7. The third-order valence-corrected chi connectivity index (χ3v) is 3.84. The van der Waals surface area contributed by atoms with Gasteiger partial charge in [0, 0.05) is 27.8 Å². The molecule has 1 amide bonds. The van der Waals surface area contributed by atoms with Crippen molar-refractivity contribution in [2.75, 3.05) is 52.1 Å². The van der Waals surface area contributed by atoms with Crippen LogP contribution in [0, 0.1) is 0 Å². The van der Waals surface area contributed by atoms with Gasteiger partial charge in [-0.3, -0.25) is 4.79 Å². The van der Waals surface area contributed by atoms with E-state index in [1.54, 1.807) is 26.2 Å². The predicted molar refractivity (Wildman–Crippen MR) is 80.3 cm³/mol. The lowest BCUT2D eigenvalue weighted by atomic mass is 10.3. The van der Waals surface area contributed by atoms with E-state index in [-0.39, 0.29) is 17.8 Å². The van der Waals surface area contributed by atoms with E-state index in [9.17, 15) is 4.79 Å². The van der Waals surface area contributed by atoms with Gasteiger partial charge in [-0.1, -0.05) is 11.3 Å². The second-order valence-electron chi connectivity index (χ2n) is 4.37. The van der Waals surface area contributed by atoms with Gasteiger partial charge in [-0.15, -0.1) is 0 Å². The van der Waals surface area contributed by atoms with Crippen molar-refractivity contribution in [3.05, 3.63) is 4.88 Å². The zero-order valence-corrected chi connectivity index (χ0v) is 13.1. The van der Waals surface area contributed by atoms with Crippen molar-refractivity contribution in [1.29, 1.82) is 0 Å². The minimum absolute atomic E-state index is 0.0288. The molecule has 1 unspecified atom stereocenters. The molecule has 114 valence electrons. The lowest BCUT2D eigenvalue weighted by Gasteiger charge is -2.23. The molecule has 8 heteroatoms. The van der Waals surface area contributed by atoms with Crippen molar-refractivity contribution < 1.29 is 14.3 Å². The SMILES string of the molecule is COCCNc1nc(N)c(C(=O)N(C)C(C)COC)s1. The molecule has 7 nitrogen and oxygen atoms in total. The fourth-order valence-corrected chi connectivity index (χ4v) is 2.43. The van der Waals surface area contributed by atoms with E-state index in [2.05, 4.69) is 10.3 Å². The normalized spacial score (nSPS) is 12.2. The Kier molecular flexibility index (Phi) is 6.69. The molecule has 0 aliphatic heterocycles. The minimum atomic E-state index is -0.149. The van der Waals surface area contributed by atoms with Crippen molar-refractivity contribution in [3.63, 3.8) is 0 Å². The number of amides is 1. The molecule has 0 aromatic carbocycles. The average molecular weight is 302 g/mol. The maximum atomic E-state index is 12.3. The molecule has 1 rings (SSSR count). The molecular formula is C12H22N4O3S. The fourth-order valence-electron chi connectivity index (χ4n) is 1.53.